The number of aromatic nitrogens is 1. The van der Waals surface area contributed by atoms with Crippen LogP contribution in [0.2, 0.25) is 0 Å². The van der Waals surface area contributed by atoms with E-state index in [9.17, 15) is 14.4 Å². The molecule has 1 aliphatic heterocycles. The Morgan fingerprint density at radius 1 is 0.720 bits per heavy atom. The standard InChI is InChI=1S/C21H10NO3/c23-17-10-16-14(9-11-5-1-4-8-15(11)22-16)18-19(17)21(25)13-7-3-2-6-12(13)20(18)24/h1-9,22H. The molecular formula is C21H10NO3. The molecule has 0 fully saturated rings. The molecule has 25 heavy (non-hydrogen) atoms. The molecule has 0 atom stereocenters. The normalized spacial score (nSPS) is 13.1. The number of fused-ring (bicyclic) bond motifs is 5. The highest BCUT2D eigenvalue weighted by atomic mass is 16.1. The first-order chi connectivity index (χ1) is 12.1. The third kappa shape index (κ3) is 1.79. The number of hydrogen-bond donors (Lipinski definition) is 1. The van der Waals surface area contributed by atoms with Gasteiger partial charge in [-0.2, -0.15) is 0 Å². The van der Waals surface area contributed by atoms with Gasteiger partial charge in [-0.3, -0.25) is 14.4 Å². The molecule has 1 N–H and O–H groups in total. The van der Waals surface area contributed by atoms with Gasteiger partial charge in [0.25, 0.3) is 0 Å². The fourth-order valence-electron chi connectivity index (χ4n) is 3.49. The van der Waals surface area contributed by atoms with Crippen molar-refractivity contribution in [1.29, 1.82) is 0 Å². The molecule has 2 aromatic rings. The van der Waals surface area contributed by atoms with Crippen LogP contribution in [0.5, 0.6) is 0 Å². The molecular weight excluding hydrogens is 314 g/mol. The van der Waals surface area contributed by atoms with Crippen LogP contribution in [0, 0.1) is 6.07 Å². The Bertz CT molecular complexity index is 1250. The summed E-state index contributed by atoms with van der Waals surface area (Å²) in [5.41, 5.74) is 1.95. The number of carbonyl (C=O) groups is 2. The van der Waals surface area contributed by atoms with Gasteiger partial charge < -0.3 is 4.98 Å². The summed E-state index contributed by atoms with van der Waals surface area (Å²) >= 11 is 0. The zero-order valence-corrected chi connectivity index (χ0v) is 12.9. The van der Waals surface area contributed by atoms with Crippen LogP contribution in [0.15, 0.2) is 59.4 Å². The number of para-hydroxylation sites is 1. The number of carbonyl (C=O) groups excluding carboxylic acids is 2. The van der Waals surface area contributed by atoms with E-state index in [0.29, 0.717) is 16.8 Å². The second-order valence-electron chi connectivity index (χ2n) is 6.05. The maximum absolute atomic E-state index is 13.0. The molecule has 0 saturated carbocycles. The fourth-order valence-corrected chi connectivity index (χ4v) is 3.49. The van der Waals surface area contributed by atoms with Crippen LogP contribution in [0.25, 0.3) is 22.2 Å². The molecule has 0 saturated heterocycles. The minimum atomic E-state index is -0.554. The van der Waals surface area contributed by atoms with Crippen molar-refractivity contribution in [2.45, 2.75) is 0 Å². The molecule has 0 spiro atoms. The van der Waals surface area contributed by atoms with E-state index in [0.717, 1.165) is 10.9 Å². The van der Waals surface area contributed by atoms with Gasteiger partial charge >= 0.3 is 0 Å². The average molecular weight is 324 g/mol. The van der Waals surface area contributed by atoms with Crippen LogP contribution in [0.3, 0.4) is 0 Å². The lowest BCUT2D eigenvalue weighted by Gasteiger charge is -2.21. The molecule has 5 rings (SSSR count). The Morgan fingerprint density at radius 2 is 1.36 bits per heavy atom. The minimum absolute atomic E-state index is 0.0834. The zero-order chi connectivity index (χ0) is 17.1. The minimum Gasteiger partial charge on any atom is -0.354 e. The van der Waals surface area contributed by atoms with Crippen molar-refractivity contribution in [3.8, 4) is 11.3 Å². The molecule has 0 aromatic heterocycles. The summed E-state index contributed by atoms with van der Waals surface area (Å²) in [6.45, 7) is 0. The number of hydrogen-bond acceptors (Lipinski definition) is 3. The fraction of sp³-hybridized carbons (Fsp3) is 0. The van der Waals surface area contributed by atoms with E-state index in [4.69, 9.17) is 0 Å². The average Bonchev–Trinajstić information content (AvgIpc) is 2.64. The molecule has 1 radical (unpaired) electrons. The maximum Gasteiger partial charge on any atom is 0.200 e. The predicted molar refractivity (Wildman–Crippen MR) is 93.3 cm³/mol. The highest BCUT2D eigenvalue weighted by Crippen LogP contribution is 2.34. The molecule has 4 heteroatoms. The third-order valence-electron chi connectivity index (χ3n) is 4.65. The van der Waals surface area contributed by atoms with Gasteiger partial charge in [-0.05, 0) is 17.5 Å². The molecule has 4 nitrogen and oxygen atoms in total. The lowest BCUT2D eigenvalue weighted by molar-refractivity contribution is 0.0978. The molecule has 0 amide bonds. The highest BCUT2D eigenvalue weighted by Gasteiger charge is 2.35. The van der Waals surface area contributed by atoms with E-state index in [1.807, 2.05) is 30.3 Å². The Morgan fingerprint density at radius 3 is 2.12 bits per heavy atom. The van der Waals surface area contributed by atoms with E-state index in [1.54, 1.807) is 24.3 Å². The number of benzene rings is 3. The number of ketones is 2. The van der Waals surface area contributed by atoms with Crippen LogP contribution in [-0.4, -0.2) is 16.6 Å². The van der Waals surface area contributed by atoms with Crippen LogP contribution in [0.4, 0.5) is 0 Å². The van der Waals surface area contributed by atoms with E-state index in [1.165, 1.54) is 0 Å². The maximum atomic E-state index is 13.0. The van der Waals surface area contributed by atoms with Gasteiger partial charge in [-0.1, -0.05) is 42.5 Å². The van der Waals surface area contributed by atoms with Crippen LogP contribution < -0.4 is 5.43 Å². The quantitative estimate of drug-likeness (QED) is 0.445. The topological polar surface area (TPSA) is 67.0 Å². The Labute approximate surface area is 142 Å². The van der Waals surface area contributed by atoms with E-state index in [2.05, 4.69) is 11.1 Å². The monoisotopic (exact) mass is 324 g/mol. The van der Waals surface area contributed by atoms with Crippen LogP contribution >= 0.6 is 0 Å². The summed E-state index contributed by atoms with van der Waals surface area (Å²) in [6, 6.07) is 18.7. The summed E-state index contributed by atoms with van der Waals surface area (Å²) in [5, 5.41) is 0.892. The molecule has 3 aliphatic rings. The van der Waals surface area contributed by atoms with Gasteiger partial charge in [0.15, 0.2) is 11.6 Å². The van der Waals surface area contributed by atoms with E-state index < -0.39 is 11.2 Å². The number of pyridine rings is 1. The van der Waals surface area contributed by atoms with Gasteiger partial charge in [-0.25, -0.2) is 0 Å². The molecule has 0 bridgehead atoms. The molecule has 117 valence electrons. The third-order valence-corrected chi connectivity index (χ3v) is 4.65. The lowest BCUT2D eigenvalue weighted by Crippen LogP contribution is -2.29. The van der Waals surface area contributed by atoms with Gasteiger partial charge in [0.2, 0.25) is 5.43 Å². The highest BCUT2D eigenvalue weighted by molar-refractivity contribution is 6.30. The Kier molecular flexibility index (Phi) is 2.63. The van der Waals surface area contributed by atoms with Gasteiger partial charge in [0.05, 0.1) is 17.3 Å². The van der Waals surface area contributed by atoms with E-state index in [-0.39, 0.29) is 22.5 Å². The zero-order valence-electron chi connectivity index (χ0n) is 12.9. The number of nitrogens with one attached hydrogen (secondary N) is 1. The molecule has 2 aliphatic carbocycles. The first-order valence-electron chi connectivity index (χ1n) is 7.84. The summed E-state index contributed by atoms with van der Waals surface area (Å²) in [5.74, 6) is -0.716. The van der Waals surface area contributed by atoms with Crippen LogP contribution in [-0.2, 0) is 0 Å². The van der Waals surface area contributed by atoms with Crippen molar-refractivity contribution >= 4 is 22.5 Å². The molecule has 1 heterocycles. The van der Waals surface area contributed by atoms with Crippen molar-refractivity contribution in [3.05, 3.63) is 93.1 Å². The van der Waals surface area contributed by atoms with Crippen molar-refractivity contribution in [2.75, 3.05) is 0 Å². The second-order valence-corrected chi connectivity index (χ2v) is 6.05. The summed E-state index contributed by atoms with van der Waals surface area (Å²) in [6.07, 6.45) is 0. The second kappa shape index (κ2) is 4.74. The van der Waals surface area contributed by atoms with Crippen molar-refractivity contribution in [1.82, 2.24) is 4.98 Å². The van der Waals surface area contributed by atoms with E-state index >= 15 is 0 Å². The summed E-state index contributed by atoms with van der Waals surface area (Å²) < 4.78 is 0. The molecule has 0 unspecified atom stereocenters. The lowest BCUT2D eigenvalue weighted by atomic mass is 9.80. The predicted octanol–water partition coefficient (Wildman–Crippen LogP) is 3.21. The Hall–Kier alpha value is -3.53. The summed E-state index contributed by atoms with van der Waals surface area (Å²) in [4.78, 5) is 41.5. The van der Waals surface area contributed by atoms with Crippen molar-refractivity contribution in [3.63, 3.8) is 0 Å². The number of rotatable bonds is 0. The van der Waals surface area contributed by atoms with Crippen molar-refractivity contribution in [2.24, 2.45) is 0 Å². The van der Waals surface area contributed by atoms with Crippen molar-refractivity contribution < 1.29 is 9.59 Å². The first-order valence-corrected chi connectivity index (χ1v) is 7.84. The van der Waals surface area contributed by atoms with Gasteiger partial charge in [-0.15, -0.1) is 0 Å². The largest absolute Gasteiger partial charge is 0.354 e. The number of aromatic amines is 1. The smallest absolute Gasteiger partial charge is 0.200 e. The number of H-pyrrole nitrogens is 1. The molecule has 2 aromatic carbocycles. The van der Waals surface area contributed by atoms with Crippen LogP contribution in [0.1, 0.15) is 31.8 Å². The first kappa shape index (κ1) is 13.9. The van der Waals surface area contributed by atoms with Gasteiger partial charge in [0, 0.05) is 27.8 Å². The summed E-state index contributed by atoms with van der Waals surface area (Å²) in [7, 11) is 0. The SMILES string of the molecule is O=C1c2ccccc2C(=O)c2c1c1cc3ccccc3[nH]c-1[c]c2=O. The Balaban J connectivity index is 1.96. The van der Waals surface area contributed by atoms with Gasteiger partial charge in [0.1, 0.15) is 0 Å².